The van der Waals surface area contributed by atoms with Gasteiger partial charge < -0.3 is 15.4 Å². The van der Waals surface area contributed by atoms with Crippen molar-refractivity contribution in [2.75, 3.05) is 5.32 Å². The van der Waals surface area contributed by atoms with Crippen molar-refractivity contribution in [2.45, 2.75) is 25.2 Å². The van der Waals surface area contributed by atoms with Crippen LogP contribution in [0.25, 0.3) is 0 Å². The van der Waals surface area contributed by atoms with Gasteiger partial charge in [0.2, 0.25) is 5.91 Å². The smallest absolute Gasteiger partial charge is 0.321 e. The van der Waals surface area contributed by atoms with E-state index in [1.807, 2.05) is 30.3 Å². The van der Waals surface area contributed by atoms with Crippen LogP contribution in [-0.2, 0) is 11.3 Å². The Kier molecular flexibility index (Phi) is 5.43. The van der Waals surface area contributed by atoms with Gasteiger partial charge >= 0.3 is 6.03 Å². The molecule has 2 aliphatic heterocycles. The van der Waals surface area contributed by atoms with E-state index in [0.717, 1.165) is 5.56 Å². The fourth-order valence-corrected chi connectivity index (χ4v) is 4.88. The van der Waals surface area contributed by atoms with Gasteiger partial charge in [-0.05, 0) is 55.0 Å². The van der Waals surface area contributed by atoms with Gasteiger partial charge in [-0.15, -0.1) is 0 Å². The number of ether oxygens (including phenoxy) is 1. The molecule has 3 aromatic rings. The van der Waals surface area contributed by atoms with Crippen LogP contribution in [0.2, 0.25) is 10.0 Å². The number of carbonyl (C=O) groups is 2. The molecule has 6 nitrogen and oxygen atoms in total. The van der Waals surface area contributed by atoms with Gasteiger partial charge in [0.05, 0.1) is 12.6 Å². The Labute approximate surface area is 201 Å². The average Bonchev–Trinajstić information content (AvgIpc) is 2.79. The number of carbonyl (C=O) groups excluding carboxylic acids is 2. The van der Waals surface area contributed by atoms with Crippen LogP contribution in [0.15, 0.2) is 72.8 Å². The van der Waals surface area contributed by atoms with Crippen LogP contribution in [-0.4, -0.2) is 22.6 Å². The number of fused-ring (bicyclic) bond motifs is 4. The fourth-order valence-electron chi connectivity index (χ4n) is 4.57. The maximum Gasteiger partial charge on any atom is 0.321 e. The lowest BCUT2D eigenvalue weighted by Crippen LogP contribution is -2.71. The monoisotopic (exact) mass is 481 g/mol. The summed E-state index contributed by atoms with van der Waals surface area (Å²) in [6.45, 7) is 2.06. The van der Waals surface area contributed by atoms with Crippen molar-refractivity contribution >= 4 is 40.8 Å². The summed E-state index contributed by atoms with van der Waals surface area (Å²) in [5.41, 5.74) is 0.961. The molecule has 0 saturated carbocycles. The summed E-state index contributed by atoms with van der Waals surface area (Å²) in [5, 5.41) is 7.04. The predicted molar refractivity (Wildman–Crippen MR) is 127 cm³/mol. The summed E-state index contributed by atoms with van der Waals surface area (Å²) in [6, 6.07) is 20.8. The van der Waals surface area contributed by atoms with Crippen molar-refractivity contribution in [1.29, 1.82) is 0 Å². The summed E-state index contributed by atoms with van der Waals surface area (Å²) < 4.78 is 6.42. The maximum absolute atomic E-state index is 13.6. The molecule has 1 saturated heterocycles. The number of rotatable bonds is 4. The lowest BCUT2D eigenvalue weighted by atomic mass is 9.78. The standard InChI is InChI=1S/C25H21Cl2N3O3/c1-25-21(23(31)28-18-10-7-16(26)8-11-18)22(19-13-17(27)9-12-20(19)33-25)29-24(32)30(25)14-15-5-3-2-4-6-15/h2-13,21-22H,14H2,1H3,(H,28,31)(H,29,32)/t21-,22+,25-/m0/s1. The molecular formula is C25H21Cl2N3O3. The highest BCUT2D eigenvalue weighted by atomic mass is 35.5. The van der Waals surface area contributed by atoms with Crippen molar-refractivity contribution in [3.05, 3.63) is 94.0 Å². The fraction of sp³-hybridized carbons (Fsp3) is 0.200. The zero-order chi connectivity index (χ0) is 23.2. The molecule has 3 amide bonds. The molecule has 8 heteroatoms. The summed E-state index contributed by atoms with van der Waals surface area (Å²) in [5.74, 6) is -0.449. The van der Waals surface area contributed by atoms with Crippen molar-refractivity contribution in [1.82, 2.24) is 10.2 Å². The zero-order valence-electron chi connectivity index (χ0n) is 17.7. The van der Waals surface area contributed by atoms with Crippen LogP contribution >= 0.6 is 23.2 Å². The molecule has 2 heterocycles. The molecule has 3 aromatic carbocycles. The average molecular weight is 482 g/mol. The molecule has 0 spiro atoms. The van der Waals surface area contributed by atoms with E-state index in [4.69, 9.17) is 27.9 Å². The highest BCUT2D eigenvalue weighted by Gasteiger charge is 2.59. The first kappa shape index (κ1) is 21.6. The van der Waals surface area contributed by atoms with Gasteiger partial charge in [0.25, 0.3) is 0 Å². The van der Waals surface area contributed by atoms with E-state index in [1.54, 1.807) is 54.3 Å². The summed E-state index contributed by atoms with van der Waals surface area (Å²) in [6.07, 6.45) is 0. The lowest BCUT2D eigenvalue weighted by Gasteiger charge is -2.54. The Hall–Kier alpha value is -3.22. The Morgan fingerprint density at radius 2 is 1.76 bits per heavy atom. The molecular weight excluding hydrogens is 461 g/mol. The minimum absolute atomic E-state index is 0.281. The molecule has 0 radical (unpaired) electrons. The normalized spacial score (nSPS) is 23.2. The predicted octanol–water partition coefficient (Wildman–Crippen LogP) is 5.62. The second kappa shape index (κ2) is 8.28. The van der Waals surface area contributed by atoms with Crippen LogP contribution < -0.4 is 15.4 Å². The van der Waals surface area contributed by atoms with Crippen LogP contribution in [0.3, 0.4) is 0 Å². The highest BCUT2D eigenvalue weighted by Crippen LogP contribution is 2.49. The van der Waals surface area contributed by atoms with Crippen molar-refractivity contribution in [2.24, 2.45) is 5.92 Å². The molecule has 2 aliphatic rings. The van der Waals surface area contributed by atoms with Crippen molar-refractivity contribution in [3.63, 3.8) is 0 Å². The molecule has 5 rings (SSSR count). The van der Waals surface area contributed by atoms with E-state index in [1.165, 1.54) is 0 Å². The molecule has 168 valence electrons. The molecule has 3 atom stereocenters. The van der Waals surface area contributed by atoms with E-state index >= 15 is 0 Å². The zero-order valence-corrected chi connectivity index (χ0v) is 19.2. The topological polar surface area (TPSA) is 70.7 Å². The Balaban J connectivity index is 1.56. The Morgan fingerprint density at radius 3 is 2.48 bits per heavy atom. The number of nitrogens with one attached hydrogen (secondary N) is 2. The quantitative estimate of drug-likeness (QED) is 0.507. The van der Waals surface area contributed by atoms with E-state index in [9.17, 15) is 9.59 Å². The third-order valence-corrected chi connectivity index (χ3v) is 6.66. The minimum atomic E-state index is -1.24. The number of benzene rings is 3. The van der Waals surface area contributed by atoms with Crippen molar-refractivity contribution in [3.8, 4) is 5.75 Å². The first-order valence-electron chi connectivity index (χ1n) is 10.5. The van der Waals surface area contributed by atoms with Crippen LogP contribution in [0.5, 0.6) is 5.75 Å². The van der Waals surface area contributed by atoms with E-state index in [-0.39, 0.29) is 18.5 Å². The van der Waals surface area contributed by atoms with Crippen LogP contribution in [0.4, 0.5) is 10.5 Å². The number of urea groups is 1. The third-order valence-electron chi connectivity index (χ3n) is 6.17. The highest BCUT2D eigenvalue weighted by molar-refractivity contribution is 6.31. The number of hydrogen-bond acceptors (Lipinski definition) is 3. The molecule has 2 N–H and O–H groups in total. The number of amides is 3. The van der Waals surface area contributed by atoms with Gasteiger partial charge in [-0.2, -0.15) is 0 Å². The second-order valence-electron chi connectivity index (χ2n) is 8.31. The van der Waals surface area contributed by atoms with Gasteiger partial charge in [0.15, 0.2) is 5.72 Å². The third kappa shape index (κ3) is 3.90. The number of anilines is 1. The van der Waals surface area contributed by atoms with E-state index in [2.05, 4.69) is 10.6 Å². The number of nitrogens with zero attached hydrogens (tertiary/aromatic N) is 1. The Morgan fingerprint density at radius 1 is 1.06 bits per heavy atom. The lowest BCUT2D eigenvalue weighted by molar-refractivity contribution is -0.155. The van der Waals surface area contributed by atoms with Gasteiger partial charge in [-0.1, -0.05) is 53.5 Å². The van der Waals surface area contributed by atoms with E-state index in [0.29, 0.717) is 27.0 Å². The van der Waals surface area contributed by atoms with Gasteiger partial charge in [-0.25, -0.2) is 4.79 Å². The largest absolute Gasteiger partial charge is 0.467 e. The van der Waals surface area contributed by atoms with Crippen molar-refractivity contribution < 1.29 is 14.3 Å². The molecule has 0 aromatic heterocycles. The van der Waals surface area contributed by atoms with Gasteiger partial charge in [-0.3, -0.25) is 9.69 Å². The molecule has 33 heavy (non-hydrogen) atoms. The van der Waals surface area contributed by atoms with Crippen LogP contribution in [0.1, 0.15) is 24.1 Å². The summed E-state index contributed by atoms with van der Waals surface area (Å²) in [7, 11) is 0. The minimum Gasteiger partial charge on any atom is -0.467 e. The summed E-state index contributed by atoms with van der Waals surface area (Å²) in [4.78, 5) is 28.4. The number of hydrogen-bond donors (Lipinski definition) is 2. The number of halogens is 2. The maximum atomic E-state index is 13.6. The van der Waals surface area contributed by atoms with Gasteiger partial charge in [0.1, 0.15) is 11.7 Å². The summed E-state index contributed by atoms with van der Waals surface area (Å²) >= 11 is 12.2. The van der Waals surface area contributed by atoms with E-state index < -0.39 is 17.7 Å². The molecule has 0 aliphatic carbocycles. The molecule has 0 unspecified atom stereocenters. The SMILES string of the molecule is C[C@@]12Oc3ccc(Cl)cc3[C@@H](NC(=O)N1Cc1ccccc1)[C@H]2C(=O)Nc1ccc(Cl)cc1. The van der Waals surface area contributed by atoms with Gasteiger partial charge in [0, 0.05) is 21.3 Å². The first-order chi connectivity index (χ1) is 15.8. The molecule has 2 bridgehead atoms. The second-order valence-corrected chi connectivity index (χ2v) is 9.18. The Bertz CT molecular complexity index is 1220. The van der Waals surface area contributed by atoms with Crippen LogP contribution in [0, 0.1) is 5.92 Å². The first-order valence-corrected chi connectivity index (χ1v) is 11.3. The molecule has 1 fully saturated rings.